The Morgan fingerprint density at radius 1 is 0.441 bits per heavy atom. The molecule has 0 radical (unpaired) electrons. The van der Waals surface area contributed by atoms with Gasteiger partial charge in [-0.1, -0.05) is 115 Å². The van der Waals surface area contributed by atoms with Crippen LogP contribution in [0.2, 0.25) is 35.2 Å². The van der Waals surface area contributed by atoms with Crippen LogP contribution >= 0.6 is 81.2 Å². The smallest absolute Gasteiger partial charge is 0.156 e. The topological polar surface area (TPSA) is 62.0 Å². The van der Waals surface area contributed by atoms with Gasteiger partial charge in [-0.05, 0) is 122 Å². The minimum absolute atomic E-state index is 0.357. The number of benzene rings is 4. The fourth-order valence-electron chi connectivity index (χ4n) is 6.95. The summed E-state index contributed by atoms with van der Waals surface area (Å²) in [5.74, 6) is 2.10. The van der Waals surface area contributed by atoms with Crippen LogP contribution in [0.25, 0.3) is 0 Å². The number of hydrogen-bond acceptors (Lipinski definition) is 6. The lowest BCUT2D eigenvalue weighted by molar-refractivity contribution is 0.279. The molecule has 2 aliphatic heterocycles. The molecule has 2 unspecified atom stereocenters. The molecule has 4 aromatic carbocycles. The number of epoxide rings is 2. The molecule has 59 heavy (non-hydrogen) atoms. The van der Waals surface area contributed by atoms with Crippen molar-refractivity contribution in [2.45, 2.75) is 103 Å². The van der Waals surface area contributed by atoms with E-state index in [1.807, 2.05) is 49.4 Å². The average molecular weight is 948 g/mol. The third-order valence-corrected chi connectivity index (χ3v) is 13.0. The Hall–Kier alpha value is -1.97. The number of halogens is 7. The van der Waals surface area contributed by atoms with Crippen molar-refractivity contribution < 1.29 is 28.4 Å². The van der Waals surface area contributed by atoms with E-state index >= 15 is 0 Å². The largest absolute Gasteiger partial charge is 0.492 e. The number of rotatable bonds is 22. The first-order chi connectivity index (χ1) is 28.1. The summed E-state index contributed by atoms with van der Waals surface area (Å²) in [5, 5.41) is 3.22. The van der Waals surface area contributed by atoms with E-state index in [0.717, 1.165) is 86.0 Å². The van der Waals surface area contributed by atoms with Gasteiger partial charge in [0.15, 0.2) is 17.2 Å². The third kappa shape index (κ3) is 12.1. The Balaban J connectivity index is 0.969. The molecular weight excluding hydrogens is 897 g/mol. The molecule has 0 amide bonds. The van der Waals surface area contributed by atoms with E-state index in [0.29, 0.717) is 96.8 Å². The highest BCUT2D eigenvalue weighted by Gasteiger charge is 2.30. The van der Waals surface area contributed by atoms with Crippen LogP contribution in [0.15, 0.2) is 48.5 Å². The first kappa shape index (κ1) is 46.5. The van der Waals surface area contributed by atoms with E-state index in [4.69, 9.17) is 110 Å². The van der Waals surface area contributed by atoms with Crippen molar-refractivity contribution in [3.63, 3.8) is 0 Å². The summed E-state index contributed by atoms with van der Waals surface area (Å²) in [6, 6.07) is 15.4. The minimum Gasteiger partial charge on any atom is -0.492 e. The predicted octanol–water partition coefficient (Wildman–Crippen LogP) is 15.0. The highest BCUT2D eigenvalue weighted by molar-refractivity contribution is 6.38. The number of aryl methyl sites for hydroxylation is 1. The monoisotopic (exact) mass is 944 g/mol. The summed E-state index contributed by atoms with van der Waals surface area (Å²) in [6.45, 7) is 14.0. The van der Waals surface area contributed by atoms with Crippen LogP contribution < -0.4 is 18.9 Å². The molecule has 0 aliphatic carbocycles. The van der Waals surface area contributed by atoms with Crippen molar-refractivity contribution in [3.8, 4) is 23.0 Å². The summed E-state index contributed by atoms with van der Waals surface area (Å²) in [5.41, 5.74) is 3.76. The lowest BCUT2D eigenvalue weighted by Crippen LogP contribution is -2.19. The van der Waals surface area contributed by atoms with Gasteiger partial charge in [-0.2, -0.15) is 0 Å². The maximum absolute atomic E-state index is 6.77. The Labute approximate surface area is 383 Å². The number of ether oxygens (including phenoxy) is 6. The van der Waals surface area contributed by atoms with Crippen LogP contribution in [0, 0.1) is 6.92 Å². The van der Waals surface area contributed by atoms with Crippen LogP contribution in [-0.4, -0.2) is 51.8 Å². The second-order valence-electron chi connectivity index (χ2n) is 16.3. The molecule has 13 heteroatoms. The minimum atomic E-state index is -0.524. The summed E-state index contributed by atoms with van der Waals surface area (Å²) in [7, 11) is 0. The molecule has 2 fully saturated rings. The number of unbranched alkanes of at least 4 members (excludes halogenated alkanes) is 2. The van der Waals surface area contributed by atoms with Gasteiger partial charge in [0.1, 0.15) is 5.75 Å². The summed E-state index contributed by atoms with van der Waals surface area (Å²) in [6.07, 6.45) is 6.86. The van der Waals surface area contributed by atoms with Gasteiger partial charge < -0.3 is 28.4 Å². The van der Waals surface area contributed by atoms with E-state index in [2.05, 4.69) is 33.8 Å². The number of hydrogen-bond donors (Lipinski definition) is 0. The van der Waals surface area contributed by atoms with Crippen LogP contribution in [0.5, 0.6) is 23.0 Å². The molecule has 4 aromatic rings. The Morgan fingerprint density at radius 3 is 1.02 bits per heavy atom. The molecule has 0 aromatic heterocycles. The standard InChI is InChI=1S/C46H51Cl7O6/c1-27-17-28(18-34(47)41(27)54-15-9-11-32-25-58-32)45(2,3)29-19-35(48)42(36(49)20-29)55-13-7-6-8-14-56-43-37(50)21-30(22-38(43)51)46(4,5)31-23-39(52)44(40(53)24-31)57-16-10-12-33-26-59-33/h17-24,32-33H,6-16,25-26H2,1-5H3. The highest BCUT2D eigenvalue weighted by Crippen LogP contribution is 2.45. The highest BCUT2D eigenvalue weighted by atomic mass is 35.5. The summed E-state index contributed by atoms with van der Waals surface area (Å²) in [4.78, 5) is 0. The van der Waals surface area contributed by atoms with Gasteiger partial charge in [0.2, 0.25) is 0 Å². The maximum Gasteiger partial charge on any atom is 0.156 e. The molecule has 2 heterocycles. The van der Waals surface area contributed by atoms with E-state index in [1.165, 1.54) is 0 Å². The molecule has 0 bridgehead atoms. The quantitative estimate of drug-likeness (QED) is 0.0578. The molecule has 0 saturated carbocycles. The molecule has 0 N–H and O–H groups in total. The third-order valence-electron chi connectivity index (χ3n) is 11.0. The molecule has 6 rings (SSSR count). The SMILES string of the molecule is Cc1cc(C(C)(C)c2cc(Cl)c(OCCCCCOc3c(Cl)cc(C(C)(C)c4cc(Cl)c(OCCCC5CO5)c(Cl)c4)cc3Cl)c(Cl)c2)cc(Cl)c1OCCCC1CO1. The predicted molar refractivity (Wildman–Crippen MR) is 244 cm³/mol. The first-order valence-electron chi connectivity index (χ1n) is 20.1. The van der Waals surface area contributed by atoms with Gasteiger partial charge in [0.25, 0.3) is 0 Å². The lowest BCUT2D eigenvalue weighted by atomic mass is 9.77. The van der Waals surface area contributed by atoms with Crippen LogP contribution in [0.4, 0.5) is 0 Å². The zero-order valence-electron chi connectivity index (χ0n) is 34.1. The zero-order chi connectivity index (χ0) is 42.5. The molecule has 6 nitrogen and oxygen atoms in total. The molecular formula is C46H51Cl7O6. The Morgan fingerprint density at radius 2 is 0.712 bits per heavy atom. The van der Waals surface area contributed by atoms with Gasteiger partial charge >= 0.3 is 0 Å². The summed E-state index contributed by atoms with van der Waals surface area (Å²) < 4.78 is 34.7. The van der Waals surface area contributed by atoms with Gasteiger partial charge in [-0.3, -0.25) is 0 Å². The van der Waals surface area contributed by atoms with Crippen LogP contribution in [0.1, 0.15) is 100 Å². The average Bonchev–Trinajstić information content (AvgIpc) is 4.11. The van der Waals surface area contributed by atoms with Gasteiger partial charge in [0.05, 0.1) is 87.0 Å². The molecule has 320 valence electrons. The molecule has 2 atom stereocenters. The van der Waals surface area contributed by atoms with Crippen molar-refractivity contribution in [1.82, 2.24) is 0 Å². The van der Waals surface area contributed by atoms with Crippen molar-refractivity contribution in [1.29, 1.82) is 0 Å². The first-order valence-corrected chi connectivity index (χ1v) is 22.7. The van der Waals surface area contributed by atoms with Crippen molar-refractivity contribution in [2.75, 3.05) is 39.6 Å². The maximum atomic E-state index is 6.77. The fourth-order valence-corrected chi connectivity index (χ4v) is 9.06. The van der Waals surface area contributed by atoms with Crippen LogP contribution in [-0.2, 0) is 20.3 Å². The van der Waals surface area contributed by atoms with E-state index in [-0.39, 0.29) is 0 Å². The molecule has 2 saturated heterocycles. The lowest BCUT2D eigenvalue weighted by Gasteiger charge is -2.28. The van der Waals surface area contributed by atoms with Gasteiger partial charge in [-0.15, -0.1) is 0 Å². The summed E-state index contributed by atoms with van der Waals surface area (Å²) >= 11 is 47.1. The second kappa shape index (κ2) is 20.5. The van der Waals surface area contributed by atoms with Crippen molar-refractivity contribution >= 4 is 81.2 Å². The van der Waals surface area contributed by atoms with E-state index < -0.39 is 10.8 Å². The molecule has 0 spiro atoms. The van der Waals surface area contributed by atoms with E-state index in [9.17, 15) is 0 Å². The zero-order valence-corrected chi connectivity index (χ0v) is 39.4. The van der Waals surface area contributed by atoms with E-state index in [1.54, 1.807) is 0 Å². The Kier molecular flexibility index (Phi) is 16.1. The second-order valence-corrected chi connectivity index (χ2v) is 19.2. The normalized spacial score (nSPS) is 16.3. The van der Waals surface area contributed by atoms with Gasteiger partial charge in [0, 0.05) is 10.8 Å². The van der Waals surface area contributed by atoms with Crippen molar-refractivity contribution in [3.05, 3.63) is 112 Å². The Bertz CT molecular complexity index is 1860. The van der Waals surface area contributed by atoms with Crippen LogP contribution in [0.3, 0.4) is 0 Å². The molecule has 2 aliphatic rings. The van der Waals surface area contributed by atoms with Crippen molar-refractivity contribution in [2.24, 2.45) is 0 Å². The fraction of sp³-hybridized carbons (Fsp3) is 0.478. The van der Waals surface area contributed by atoms with Gasteiger partial charge in [-0.25, -0.2) is 0 Å².